The number of morpholine rings is 1. The lowest BCUT2D eigenvalue weighted by atomic mass is 10.1. The van der Waals surface area contributed by atoms with E-state index in [-0.39, 0.29) is 26.4 Å². The average molecular weight is 275 g/mol. The smallest absolute Gasteiger partial charge is 0.257 e. The number of ether oxygens (including phenoxy) is 1. The van der Waals surface area contributed by atoms with Crippen LogP contribution >= 0.6 is 0 Å². The number of carbonyl (C=O) groups is 1. The van der Waals surface area contributed by atoms with Gasteiger partial charge in [0.1, 0.15) is 0 Å². The highest BCUT2D eigenvalue weighted by Crippen LogP contribution is 2.19. The predicted molar refractivity (Wildman–Crippen MR) is 59.0 cm³/mol. The summed E-state index contributed by atoms with van der Waals surface area (Å²) < 4.78 is 44.5. The number of amides is 1. The molecule has 1 heterocycles. The molecule has 0 saturated carbocycles. The van der Waals surface area contributed by atoms with Crippen LogP contribution in [0.2, 0.25) is 0 Å². The van der Waals surface area contributed by atoms with Gasteiger partial charge in [0.15, 0.2) is 17.5 Å². The summed E-state index contributed by atoms with van der Waals surface area (Å²) >= 11 is 0. The van der Waals surface area contributed by atoms with Crippen molar-refractivity contribution >= 4 is 5.91 Å². The standard InChI is InChI=1S/C12H12F3NO3/c13-9-2-1-8(10(14)11(9)15)12(18)16-3-4-19-6-7(16)5-17/h1-2,7,17H,3-6H2. The molecule has 2 rings (SSSR count). The zero-order valence-corrected chi connectivity index (χ0v) is 9.91. The van der Waals surface area contributed by atoms with Crippen LogP contribution in [0, 0.1) is 17.5 Å². The fraction of sp³-hybridized carbons (Fsp3) is 0.417. The van der Waals surface area contributed by atoms with Crippen LogP contribution in [0.1, 0.15) is 10.4 Å². The van der Waals surface area contributed by atoms with Gasteiger partial charge in [-0.05, 0) is 12.1 Å². The summed E-state index contributed by atoms with van der Waals surface area (Å²) in [5.74, 6) is -5.35. The van der Waals surface area contributed by atoms with E-state index < -0.39 is 35.0 Å². The zero-order valence-electron chi connectivity index (χ0n) is 9.91. The van der Waals surface area contributed by atoms with Crippen LogP contribution in [0.25, 0.3) is 0 Å². The first-order valence-electron chi connectivity index (χ1n) is 5.69. The number of benzene rings is 1. The summed E-state index contributed by atoms with van der Waals surface area (Å²) in [4.78, 5) is 13.3. The van der Waals surface area contributed by atoms with Gasteiger partial charge in [0, 0.05) is 6.54 Å². The topological polar surface area (TPSA) is 49.8 Å². The molecule has 1 aromatic rings. The summed E-state index contributed by atoms with van der Waals surface area (Å²) in [7, 11) is 0. The molecule has 0 aromatic heterocycles. The summed E-state index contributed by atoms with van der Waals surface area (Å²) in [5, 5.41) is 9.12. The quantitative estimate of drug-likeness (QED) is 0.817. The number of hydrogen-bond donors (Lipinski definition) is 1. The van der Waals surface area contributed by atoms with Crippen LogP contribution < -0.4 is 0 Å². The van der Waals surface area contributed by atoms with E-state index in [0.29, 0.717) is 6.07 Å². The van der Waals surface area contributed by atoms with Crippen molar-refractivity contribution in [3.05, 3.63) is 35.1 Å². The van der Waals surface area contributed by atoms with E-state index in [0.717, 1.165) is 6.07 Å². The molecule has 1 amide bonds. The molecule has 0 bridgehead atoms. The number of nitrogens with zero attached hydrogens (tertiary/aromatic N) is 1. The van der Waals surface area contributed by atoms with E-state index in [9.17, 15) is 18.0 Å². The van der Waals surface area contributed by atoms with Gasteiger partial charge in [-0.3, -0.25) is 4.79 Å². The van der Waals surface area contributed by atoms with Crippen LogP contribution in [0.15, 0.2) is 12.1 Å². The van der Waals surface area contributed by atoms with Crippen molar-refractivity contribution in [1.29, 1.82) is 0 Å². The molecule has 1 N–H and O–H groups in total. The summed E-state index contributed by atoms with van der Waals surface area (Å²) in [5.41, 5.74) is -0.556. The van der Waals surface area contributed by atoms with Gasteiger partial charge >= 0.3 is 0 Å². The highest BCUT2D eigenvalue weighted by Gasteiger charge is 2.30. The monoisotopic (exact) mass is 275 g/mol. The lowest BCUT2D eigenvalue weighted by Crippen LogP contribution is -2.50. The molecule has 1 saturated heterocycles. The number of aliphatic hydroxyl groups is 1. The molecule has 19 heavy (non-hydrogen) atoms. The number of carbonyl (C=O) groups excluding carboxylic acids is 1. The normalized spacial score (nSPS) is 19.6. The SMILES string of the molecule is O=C(c1ccc(F)c(F)c1F)N1CCOCC1CO. The van der Waals surface area contributed by atoms with Crippen LogP contribution in [0.5, 0.6) is 0 Å². The van der Waals surface area contributed by atoms with Crippen LogP contribution in [-0.4, -0.2) is 48.3 Å². The Morgan fingerprint density at radius 3 is 2.79 bits per heavy atom. The fourth-order valence-corrected chi connectivity index (χ4v) is 1.92. The highest BCUT2D eigenvalue weighted by molar-refractivity contribution is 5.94. The largest absolute Gasteiger partial charge is 0.394 e. The Bertz CT molecular complexity index is 495. The van der Waals surface area contributed by atoms with Gasteiger partial charge in [0.05, 0.1) is 31.4 Å². The maximum atomic E-state index is 13.5. The van der Waals surface area contributed by atoms with E-state index in [1.165, 1.54) is 4.90 Å². The Kier molecular flexibility index (Phi) is 4.06. The number of halogens is 3. The van der Waals surface area contributed by atoms with Gasteiger partial charge < -0.3 is 14.7 Å². The van der Waals surface area contributed by atoms with Crippen LogP contribution in [0.3, 0.4) is 0 Å². The third kappa shape index (κ3) is 2.57. The lowest BCUT2D eigenvalue weighted by molar-refractivity contribution is -0.0186. The van der Waals surface area contributed by atoms with E-state index >= 15 is 0 Å². The Morgan fingerprint density at radius 1 is 1.37 bits per heavy atom. The second-order valence-electron chi connectivity index (χ2n) is 4.13. The molecule has 1 unspecified atom stereocenters. The van der Waals surface area contributed by atoms with Gasteiger partial charge in [0.25, 0.3) is 5.91 Å². The molecule has 1 atom stereocenters. The maximum absolute atomic E-state index is 13.5. The first-order valence-corrected chi connectivity index (χ1v) is 5.69. The third-order valence-electron chi connectivity index (χ3n) is 2.96. The van der Waals surface area contributed by atoms with Crippen molar-refractivity contribution in [2.24, 2.45) is 0 Å². The van der Waals surface area contributed by atoms with Gasteiger partial charge in [-0.1, -0.05) is 0 Å². The van der Waals surface area contributed by atoms with Crippen molar-refractivity contribution in [2.45, 2.75) is 6.04 Å². The van der Waals surface area contributed by atoms with Gasteiger partial charge in [-0.2, -0.15) is 0 Å². The lowest BCUT2D eigenvalue weighted by Gasteiger charge is -2.34. The Hall–Kier alpha value is -1.60. The van der Waals surface area contributed by atoms with Gasteiger partial charge in [-0.25, -0.2) is 13.2 Å². The van der Waals surface area contributed by atoms with Crippen molar-refractivity contribution in [3.8, 4) is 0 Å². The molecule has 0 spiro atoms. The molecule has 1 aliphatic heterocycles. The fourth-order valence-electron chi connectivity index (χ4n) is 1.92. The predicted octanol–water partition coefficient (Wildman–Crippen LogP) is 0.937. The Morgan fingerprint density at radius 2 is 2.11 bits per heavy atom. The van der Waals surface area contributed by atoms with Crippen LogP contribution in [0.4, 0.5) is 13.2 Å². The third-order valence-corrected chi connectivity index (χ3v) is 2.96. The van der Waals surface area contributed by atoms with Crippen LogP contribution in [-0.2, 0) is 4.74 Å². The Balaban J connectivity index is 2.31. The molecule has 0 radical (unpaired) electrons. The molecule has 7 heteroatoms. The number of hydrogen-bond acceptors (Lipinski definition) is 3. The van der Waals surface area contributed by atoms with Gasteiger partial charge in [-0.15, -0.1) is 0 Å². The average Bonchev–Trinajstić information content (AvgIpc) is 2.44. The van der Waals surface area contributed by atoms with Crippen molar-refractivity contribution in [3.63, 3.8) is 0 Å². The second kappa shape index (κ2) is 5.58. The number of aliphatic hydroxyl groups excluding tert-OH is 1. The summed E-state index contributed by atoms with van der Waals surface area (Å²) in [6.07, 6.45) is 0. The molecular formula is C12H12F3NO3. The minimum absolute atomic E-state index is 0.119. The number of rotatable bonds is 2. The molecule has 1 fully saturated rings. The first-order chi connectivity index (χ1) is 9.06. The van der Waals surface area contributed by atoms with Crippen molar-refractivity contribution in [2.75, 3.05) is 26.4 Å². The minimum atomic E-state index is -1.68. The van der Waals surface area contributed by atoms with E-state index in [2.05, 4.69) is 0 Å². The van der Waals surface area contributed by atoms with Crippen molar-refractivity contribution in [1.82, 2.24) is 4.90 Å². The molecule has 104 valence electrons. The molecular weight excluding hydrogens is 263 g/mol. The summed E-state index contributed by atoms with van der Waals surface area (Å²) in [6, 6.07) is 0.966. The zero-order chi connectivity index (χ0) is 14.0. The van der Waals surface area contributed by atoms with E-state index in [4.69, 9.17) is 9.84 Å². The maximum Gasteiger partial charge on any atom is 0.257 e. The summed E-state index contributed by atoms with van der Waals surface area (Å²) in [6.45, 7) is 0.167. The highest BCUT2D eigenvalue weighted by atomic mass is 19.2. The van der Waals surface area contributed by atoms with E-state index in [1.54, 1.807) is 0 Å². The molecule has 4 nitrogen and oxygen atoms in total. The van der Waals surface area contributed by atoms with Gasteiger partial charge in [0.2, 0.25) is 0 Å². The Labute approximate surface area is 107 Å². The van der Waals surface area contributed by atoms with E-state index in [1.807, 2.05) is 0 Å². The molecule has 1 aromatic carbocycles. The second-order valence-corrected chi connectivity index (χ2v) is 4.13. The first kappa shape index (κ1) is 13.8. The molecule has 0 aliphatic carbocycles. The van der Waals surface area contributed by atoms with Crippen molar-refractivity contribution < 1.29 is 27.8 Å². The molecule has 1 aliphatic rings. The minimum Gasteiger partial charge on any atom is -0.394 e.